The number of halogens is 1. The Morgan fingerprint density at radius 1 is 1.19 bits per heavy atom. The summed E-state index contributed by atoms with van der Waals surface area (Å²) >= 11 is 6.63. The lowest BCUT2D eigenvalue weighted by molar-refractivity contribution is 0.295. The van der Waals surface area contributed by atoms with Crippen LogP contribution >= 0.6 is 11.6 Å². The maximum Gasteiger partial charge on any atom is 0.164 e. The van der Waals surface area contributed by atoms with Gasteiger partial charge in [0.25, 0.3) is 0 Å². The maximum absolute atomic E-state index is 6.63. The van der Waals surface area contributed by atoms with Crippen LogP contribution in [-0.2, 0) is 11.8 Å². The molecular weight excluding hydrogens is 286 g/mol. The van der Waals surface area contributed by atoms with Gasteiger partial charge in [0, 0.05) is 28.6 Å². The van der Waals surface area contributed by atoms with Gasteiger partial charge < -0.3 is 15.2 Å². The predicted octanol–water partition coefficient (Wildman–Crippen LogP) is 4.08. The fraction of sp³-hybridized carbons (Fsp3) is 0.647. The van der Waals surface area contributed by atoms with Crippen LogP contribution in [0.2, 0.25) is 5.02 Å². The third kappa shape index (κ3) is 2.86. The van der Waals surface area contributed by atoms with Gasteiger partial charge in [-0.1, -0.05) is 37.8 Å². The van der Waals surface area contributed by atoms with Gasteiger partial charge in [-0.15, -0.1) is 0 Å². The highest BCUT2D eigenvalue weighted by atomic mass is 35.5. The van der Waals surface area contributed by atoms with Crippen LogP contribution in [0.5, 0.6) is 11.5 Å². The molecule has 4 heteroatoms. The van der Waals surface area contributed by atoms with E-state index in [2.05, 4.69) is 6.92 Å². The summed E-state index contributed by atoms with van der Waals surface area (Å²) < 4.78 is 11.0. The minimum atomic E-state index is -0.0137. The van der Waals surface area contributed by atoms with Gasteiger partial charge in [0.15, 0.2) is 11.5 Å². The normalized spacial score (nSPS) is 17.6. The fourth-order valence-electron chi connectivity index (χ4n) is 3.73. The van der Waals surface area contributed by atoms with Gasteiger partial charge in [-0.3, -0.25) is 0 Å². The van der Waals surface area contributed by atoms with Gasteiger partial charge in [-0.25, -0.2) is 0 Å². The first-order chi connectivity index (χ1) is 10.1. The average molecular weight is 312 g/mol. The zero-order chi connectivity index (χ0) is 15.5. The second-order valence-electron chi connectivity index (χ2n) is 5.85. The zero-order valence-electron chi connectivity index (χ0n) is 13.3. The minimum absolute atomic E-state index is 0.0137. The van der Waals surface area contributed by atoms with E-state index in [0.717, 1.165) is 35.6 Å². The van der Waals surface area contributed by atoms with E-state index < -0.39 is 0 Å². The Kier molecular flexibility index (Phi) is 5.39. The van der Waals surface area contributed by atoms with Gasteiger partial charge in [0.05, 0.1) is 14.2 Å². The molecule has 0 heterocycles. The highest BCUT2D eigenvalue weighted by Crippen LogP contribution is 2.48. The molecule has 2 rings (SSSR count). The van der Waals surface area contributed by atoms with E-state index in [9.17, 15) is 0 Å². The molecule has 0 unspecified atom stereocenters. The lowest BCUT2D eigenvalue weighted by Crippen LogP contribution is -2.38. The van der Waals surface area contributed by atoms with Gasteiger partial charge in [-0.05, 0) is 24.8 Å². The first kappa shape index (κ1) is 16.4. The van der Waals surface area contributed by atoms with Crippen molar-refractivity contribution in [2.45, 2.75) is 50.9 Å². The Balaban J connectivity index is 2.66. The molecule has 1 aromatic rings. The number of hydrogen-bond donors (Lipinski definition) is 1. The SMILES string of the molecule is CCc1c(OC)c(OC)cc(Cl)c1C1(CN)CCCCC1. The molecule has 118 valence electrons. The third-order valence-electron chi connectivity index (χ3n) is 4.81. The van der Waals surface area contributed by atoms with E-state index in [4.69, 9.17) is 26.8 Å². The van der Waals surface area contributed by atoms with E-state index >= 15 is 0 Å². The topological polar surface area (TPSA) is 44.5 Å². The zero-order valence-corrected chi connectivity index (χ0v) is 14.1. The first-order valence-corrected chi connectivity index (χ1v) is 8.15. The van der Waals surface area contributed by atoms with E-state index in [1.807, 2.05) is 6.07 Å². The molecule has 21 heavy (non-hydrogen) atoms. The highest BCUT2D eigenvalue weighted by molar-refractivity contribution is 6.31. The summed E-state index contributed by atoms with van der Waals surface area (Å²) in [4.78, 5) is 0. The van der Waals surface area contributed by atoms with Gasteiger partial charge in [-0.2, -0.15) is 0 Å². The van der Waals surface area contributed by atoms with Crippen LogP contribution in [0.25, 0.3) is 0 Å². The number of ether oxygens (including phenoxy) is 2. The Bertz CT molecular complexity index is 496. The Labute approximate surface area is 132 Å². The molecule has 3 nitrogen and oxygen atoms in total. The second-order valence-corrected chi connectivity index (χ2v) is 6.25. The molecule has 1 aliphatic rings. The standard InChI is InChI=1S/C17H26ClNO2/c1-4-12-15(17(11-19)8-6-5-7-9-17)13(18)10-14(20-2)16(12)21-3/h10H,4-9,11,19H2,1-3H3. The monoisotopic (exact) mass is 311 g/mol. The van der Waals surface area contributed by atoms with Crippen molar-refractivity contribution < 1.29 is 9.47 Å². The third-order valence-corrected chi connectivity index (χ3v) is 5.10. The smallest absolute Gasteiger partial charge is 0.164 e. The number of methoxy groups -OCH3 is 2. The van der Waals surface area contributed by atoms with Crippen molar-refractivity contribution in [2.75, 3.05) is 20.8 Å². The molecule has 0 atom stereocenters. The summed E-state index contributed by atoms with van der Waals surface area (Å²) in [6.45, 7) is 2.76. The van der Waals surface area contributed by atoms with Crippen molar-refractivity contribution >= 4 is 11.6 Å². The molecule has 1 saturated carbocycles. The lowest BCUT2D eigenvalue weighted by Gasteiger charge is -2.39. The summed E-state index contributed by atoms with van der Waals surface area (Å²) in [6.07, 6.45) is 6.78. The summed E-state index contributed by atoms with van der Waals surface area (Å²) in [5.74, 6) is 1.50. The summed E-state index contributed by atoms with van der Waals surface area (Å²) in [7, 11) is 3.33. The van der Waals surface area contributed by atoms with Crippen LogP contribution in [-0.4, -0.2) is 20.8 Å². The second kappa shape index (κ2) is 6.89. The summed E-state index contributed by atoms with van der Waals surface area (Å²) in [6, 6.07) is 1.88. The Hall–Kier alpha value is -0.930. The van der Waals surface area contributed by atoms with Crippen molar-refractivity contribution in [3.8, 4) is 11.5 Å². The molecule has 0 spiro atoms. The molecule has 0 aromatic heterocycles. The van der Waals surface area contributed by atoms with E-state index in [0.29, 0.717) is 12.3 Å². The summed E-state index contributed by atoms with van der Waals surface area (Å²) in [5.41, 5.74) is 8.51. The average Bonchev–Trinajstić information content (AvgIpc) is 2.54. The van der Waals surface area contributed by atoms with Crippen LogP contribution < -0.4 is 15.2 Å². The van der Waals surface area contributed by atoms with Crippen molar-refractivity contribution in [3.05, 3.63) is 22.2 Å². The van der Waals surface area contributed by atoms with Gasteiger partial charge in [0.2, 0.25) is 0 Å². The van der Waals surface area contributed by atoms with Crippen LogP contribution in [0.4, 0.5) is 0 Å². The molecule has 0 radical (unpaired) electrons. The molecule has 0 bridgehead atoms. The largest absolute Gasteiger partial charge is 0.493 e. The van der Waals surface area contributed by atoms with E-state index in [1.165, 1.54) is 24.8 Å². The molecule has 0 aliphatic heterocycles. The van der Waals surface area contributed by atoms with Crippen molar-refractivity contribution in [1.29, 1.82) is 0 Å². The molecule has 1 fully saturated rings. The molecular formula is C17H26ClNO2. The van der Waals surface area contributed by atoms with Gasteiger partial charge in [0.1, 0.15) is 0 Å². The molecule has 0 saturated heterocycles. The Morgan fingerprint density at radius 3 is 2.33 bits per heavy atom. The summed E-state index contributed by atoms with van der Waals surface area (Å²) in [5, 5.41) is 0.761. The van der Waals surface area contributed by atoms with E-state index in [-0.39, 0.29) is 5.41 Å². The predicted molar refractivity (Wildman–Crippen MR) is 87.8 cm³/mol. The molecule has 1 aromatic carbocycles. The van der Waals surface area contributed by atoms with Crippen LogP contribution in [0.15, 0.2) is 6.07 Å². The highest BCUT2D eigenvalue weighted by Gasteiger charge is 2.37. The maximum atomic E-state index is 6.63. The Morgan fingerprint density at radius 2 is 1.86 bits per heavy atom. The first-order valence-electron chi connectivity index (χ1n) is 7.77. The number of rotatable bonds is 5. The van der Waals surface area contributed by atoms with Crippen LogP contribution in [0, 0.1) is 0 Å². The minimum Gasteiger partial charge on any atom is -0.493 e. The van der Waals surface area contributed by atoms with Crippen LogP contribution in [0.1, 0.15) is 50.2 Å². The molecule has 2 N–H and O–H groups in total. The van der Waals surface area contributed by atoms with Crippen molar-refractivity contribution in [1.82, 2.24) is 0 Å². The number of hydrogen-bond acceptors (Lipinski definition) is 3. The quantitative estimate of drug-likeness (QED) is 0.891. The van der Waals surface area contributed by atoms with E-state index in [1.54, 1.807) is 14.2 Å². The fourth-order valence-corrected chi connectivity index (χ4v) is 4.14. The molecule has 1 aliphatic carbocycles. The number of benzene rings is 1. The van der Waals surface area contributed by atoms with Crippen LogP contribution in [0.3, 0.4) is 0 Å². The molecule has 0 amide bonds. The lowest BCUT2D eigenvalue weighted by atomic mass is 9.67. The number of nitrogens with two attached hydrogens (primary N) is 1. The van der Waals surface area contributed by atoms with Gasteiger partial charge >= 0.3 is 0 Å². The van der Waals surface area contributed by atoms with Crippen molar-refractivity contribution in [3.63, 3.8) is 0 Å². The van der Waals surface area contributed by atoms with Crippen molar-refractivity contribution in [2.24, 2.45) is 5.73 Å².